The minimum atomic E-state index is 0.437. The van der Waals surface area contributed by atoms with Gasteiger partial charge in [0.15, 0.2) is 11.4 Å². The Morgan fingerprint density at radius 3 is 3.14 bits per heavy atom. The fourth-order valence-electron chi connectivity index (χ4n) is 2.84. The monoisotopic (exact) mass is 297 g/mol. The number of nitrogens with zero attached hydrogens (tertiary/aromatic N) is 3. The summed E-state index contributed by atoms with van der Waals surface area (Å²) in [5.41, 5.74) is 2.71. The summed E-state index contributed by atoms with van der Waals surface area (Å²) in [5, 5.41) is 11.6. The van der Waals surface area contributed by atoms with E-state index in [1.165, 1.54) is 0 Å². The molecule has 0 spiro atoms. The predicted molar refractivity (Wildman–Crippen MR) is 85.0 cm³/mol. The van der Waals surface area contributed by atoms with Crippen molar-refractivity contribution in [2.75, 3.05) is 18.4 Å². The van der Waals surface area contributed by atoms with Crippen molar-refractivity contribution in [2.45, 2.75) is 25.8 Å². The minimum Gasteiger partial charge on any atom is -0.463 e. The summed E-state index contributed by atoms with van der Waals surface area (Å²) in [6.07, 6.45) is 3.68. The number of aryl methyl sites for hydroxylation is 1. The van der Waals surface area contributed by atoms with E-state index in [4.69, 9.17) is 4.42 Å². The third-order valence-electron chi connectivity index (χ3n) is 4.03. The van der Waals surface area contributed by atoms with Crippen molar-refractivity contribution >= 4 is 11.5 Å². The van der Waals surface area contributed by atoms with Gasteiger partial charge in [0, 0.05) is 30.4 Å². The van der Waals surface area contributed by atoms with Crippen LogP contribution in [-0.4, -0.2) is 33.7 Å². The fraction of sp³-hybridized carbons (Fsp3) is 0.375. The molecule has 1 atom stereocenters. The Bertz CT molecular complexity index is 771. The molecule has 3 aromatic rings. The maximum atomic E-state index is 5.44. The Labute approximate surface area is 128 Å². The number of anilines is 1. The number of hydrogen-bond donors (Lipinski definition) is 2. The zero-order valence-corrected chi connectivity index (χ0v) is 12.5. The van der Waals surface area contributed by atoms with E-state index in [9.17, 15) is 0 Å². The van der Waals surface area contributed by atoms with Gasteiger partial charge >= 0.3 is 0 Å². The molecule has 1 aliphatic heterocycles. The summed E-state index contributed by atoms with van der Waals surface area (Å²) < 4.78 is 7.32. The summed E-state index contributed by atoms with van der Waals surface area (Å²) in [5.74, 6) is 1.75. The zero-order chi connectivity index (χ0) is 14.9. The van der Waals surface area contributed by atoms with Crippen molar-refractivity contribution in [1.82, 2.24) is 19.9 Å². The first kappa shape index (κ1) is 13.3. The lowest BCUT2D eigenvalue weighted by Crippen LogP contribution is -2.23. The standard InChI is InChI=1S/C16H19N5O/c1-2-11-8-15(19-12-5-6-17-10-12)21-16(18-11)9-13(20-21)14-4-3-7-22-14/h3-4,7-9,12,17,19H,2,5-6,10H2,1H3. The van der Waals surface area contributed by atoms with Gasteiger partial charge in [-0.05, 0) is 31.5 Å². The Morgan fingerprint density at radius 1 is 1.45 bits per heavy atom. The lowest BCUT2D eigenvalue weighted by Gasteiger charge is -2.14. The van der Waals surface area contributed by atoms with Gasteiger partial charge in [0.25, 0.3) is 0 Å². The van der Waals surface area contributed by atoms with Crippen molar-refractivity contribution in [3.8, 4) is 11.5 Å². The maximum Gasteiger partial charge on any atom is 0.158 e. The molecule has 0 bridgehead atoms. The molecule has 22 heavy (non-hydrogen) atoms. The first-order chi connectivity index (χ1) is 10.8. The summed E-state index contributed by atoms with van der Waals surface area (Å²) >= 11 is 0. The van der Waals surface area contributed by atoms with E-state index >= 15 is 0 Å². The summed E-state index contributed by atoms with van der Waals surface area (Å²) in [6.45, 7) is 4.16. The van der Waals surface area contributed by atoms with Crippen LogP contribution in [0.2, 0.25) is 0 Å². The second-order valence-electron chi connectivity index (χ2n) is 5.60. The largest absolute Gasteiger partial charge is 0.463 e. The topological polar surface area (TPSA) is 67.4 Å². The molecule has 0 radical (unpaired) electrons. The Hall–Kier alpha value is -2.34. The quantitative estimate of drug-likeness (QED) is 0.773. The van der Waals surface area contributed by atoms with Gasteiger partial charge < -0.3 is 15.1 Å². The van der Waals surface area contributed by atoms with Crippen LogP contribution in [0.5, 0.6) is 0 Å². The molecule has 0 saturated carbocycles. The lowest BCUT2D eigenvalue weighted by molar-refractivity contribution is 0.579. The Balaban J connectivity index is 1.78. The summed E-state index contributed by atoms with van der Waals surface area (Å²) in [4.78, 5) is 4.66. The molecule has 1 aliphatic rings. The van der Waals surface area contributed by atoms with Crippen LogP contribution in [0.3, 0.4) is 0 Å². The van der Waals surface area contributed by atoms with Crippen LogP contribution in [0.4, 0.5) is 5.82 Å². The molecule has 4 heterocycles. The number of rotatable bonds is 4. The smallest absolute Gasteiger partial charge is 0.158 e. The van der Waals surface area contributed by atoms with E-state index in [0.717, 1.165) is 54.5 Å². The van der Waals surface area contributed by atoms with Crippen LogP contribution in [0.15, 0.2) is 34.9 Å². The van der Waals surface area contributed by atoms with Gasteiger partial charge in [-0.3, -0.25) is 0 Å². The summed E-state index contributed by atoms with van der Waals surface area (Å²) in [6, 6.07) is 8.27. The van der Waals surface area contributed by atoms with Gasteiger partial charge in [-0.15, -0.1) is 0 Å². The first-order valence-corrected chi connectivity index (χ1v) is 7.74. The maximum absolute atomic E-state index is 5.44. The normalized spacial score (nSPS) is 18.1. The van der Waals surface area contributed by atoms with Gasteiger partial charge in [-0.2, -0.15) is 9.61 Å². The summed E-state index contributed by atoms with van der Waals surface area (Å²) in [7, 11) is 0. The Morgan fingerprint density at radius 2 is 2.41 bits per heavy atom. The molecule has 6 nitrogen and oxygen atoms in total. The highest BCUT2D eigenvalue weighted by atomic mass is 16.3. The first-order valence-electron chi connectivity index (χ1n) is 7.74. The molecule has 0 amide bonds. The molecule has 4 rings (SSSR count). The molecular weight excluding hydrogens is 278 g/mol. The fourth-order valence-corrected chi connectivity index (χ4v) is 2.84. The van der Waals surface area contributed by atoms with E-state index in [2.05, 4.69) is 33.7 Å². The van der Waals surface area contributed by atoms with Gasteiger partial charge in [0.1, 0.15) is 11.5 Å². The van der Waals surface area contributed by atoms with Crippen molar-refractivity contribution in [3.63, 3.8) is 0 Å². The third kappa shape index (κ3) is 2.35. The van der Waals surface area contributed by atoms with E-state index in [1.807, 2.05) is 22.7 Å². The lowest BCUT2D eigenvalue weighted by atomic mass is 10.2. The predicted octanol–water partition coefficient (Wildman–Crippen LogP) is 2.33. The number of furan rings is 1. The number of fused-ring (bicyclic) bond motifs is 1. The van der Waals surface area contributed by atoms with Gasteiger partial charge in [-0.1, -0.05) is 6.92 Å². The number of aromatic nitrogens is 3. The molecular formula is C16H19N5O. The third-order valence-corrected chi connectivity index (χ3v) is 4.03. The molecule has 2 N–H and O–H groups in total. The van der Waals surface area contributed by atoms with Crippen molar-refractivity contribution in [3.05, 3.63) is 36.2 Å². The van der Waals surface area contributed by atoms with E-state index < -0.39 is 0 Å². The zero-order valence-electron chi connectivity index (χ0n) is 12.5. The van der Waals surface area contributed by atoms with Crippen LogP contribution < -0.4 is 10.6 Å². The molecule has 0 aliphatic carbocycles. The molecule has 1 saturated heterocycles. The Kier molecular flexibility index (Phi) is 3.31. The van der Waals surface area contributed by atoms with E-state index in [1.54, 1.807) is 6.26 Å². The average Bonchev–Trinajstić information content (AvgIpc) is 3.27. The average molecular weight is 297 g/mol. The van der Waals surface area contributed by atoms with E-state index in [0.29, 0.717) is 6.04 Å². The highest BCUT2D eigenvalue weighted by Crippen LogP contribution is 2.23. The van der Waals surface area contributed by atoms with Crippen LogP contribution >= 0.6 is 0 Å². The molecule has 114 valence electrons. The number of nitrogens with one attached hydrogen (secondary N) is 2. The minimum absolute atomic E-state index is 0.437. The van der Waals surface area contributed by atoms with Crippen molar-refractivity contribution < 1.29 is 4.42 Å². The highest BCUT2D eigenvalue weighted by Gasteiger charge is 2.17. The van der Waals surface area contributed by atoms with Gasteiger partial charge in [-0.25, -0.2) is 4.98 Å². The van der Waals surface area contributed by atoms with Crippen molar-refractivity contribution in [2.24, 2.45) is 0 Å². The van der Waals surface area contributed by atoms with Crippen LogP contribution in [0.25, 0.3) is 17.1 Å². The van der Waals surface area contributed by atoms with Gasteiger partial charge in [0.05, 0.1) is 6.26 Å². The van der Waals surface area contributed by atoms with Crippen molar-refractivity contribution in [1.29, 1.82) is 0 Å². The number of hydrogen-bond acceptors (Lipinski definition) is 5. The van der Waals surface area contributed by atoms with Crippen LogP contribution in [0, 0.1) is 0 Å². The molecule has 3 aromatic heterocycles. The molecule has 6 heteroatoms. The SMILES string of the molecule is CCc1cc(NC2CCNC2)n2nc(-c3ccco3)cc2n1. The van der Waals surface area contributed by atoms with Crippen LogP contribution in [-0.2, 0) is 6.42 Å². The second-order valence-corrected chi connectivity index (χ2v) is 5.60. The second kappa shape index (κ2) is 5.46. The van der Waals surface area contributed by atoms with Crippen LogP contribution in [0.1, 0.15) is 19.0 Å². The van der Waals surface area contributed by atoms with Gasteiger partial charge in [0.2, 0.25) is 0 Å². The highest BCUT2D eigenvalue weighted by molar-refractivity contribution is 5.62. The molecule has 1 unspecified atom stereocenters. The molecule has 1 fully saturated rings. The van der Waals surface area contributed by atoms with E-state index in [-0.39, 0.29) is 0 Å². The molecule has 0 aromatic carbocycles.